The molecule has 3 amide bonds. The summed E-state index contributed by atoms with van der Waals surface area (Å²) in [5, 5.41) is 6.08. The third-order valence-corrected chi connectivity index (χ3v) is 5.66. The molecule has 1 saturated carbocycles. The van der Waals surface area contributed by atoms with Crippen LogP contribution in [0.3, 0.4) is 0 Å². The molecule has 1 heterocycles. The minimum absolute atomic E-state index is 0.0472. The van der Waals surface area contributed by atoms with Crippen molar-refractivity contribution in [3.63, 3.8) is 0 Å². The summed E-state index contributed by atoms with van der Waals surface area (Å²) in [5.41, 5.74) is 1.64. The van der Waals surface area contributed by atoms with Gasteiger partial charge in [0.2, 0.25) is 5.91 Å². The number of hydrogen-bond acceptors (Lipinski definition) is 3. The number of carbonyl (C=O) groups excluding carboxylic acids is 2. The fourth-order valence-electron chi connectivity index (χ4n) is 4.04. The number of benzene rings is 1. The first-order chi connectivity index (χ1) is 12.0. The lowest BCUT2D eigenvalue weighted by Gasteiger charge is -2.39. The van der Waals surface area contributed by atoms with Gasteiger partial charge in [-0.05, 0) is 49.3 Å². The molecule has 1 aromatic rings. The Morgan fingerprint density at radius 3 is 2.72 bits per heavy atom. The van der Waals surface area contributed by atoms with Crippen LogP contribution < -0.4 is 15.5 Å². The molecule has 1 unspecified atom stereocenters. The van der Waals surface area contributed by atoms with Crippen molar-refractivity contribution in [1.29, 1.82) is 0 Å². The van der Waals surface area contributed by atoms with Crippen LogP contribution in [0.1, 0.15) is 39.0 Å². The number of ether oxygens (including phenoxy) is 1. The van der Waals surface area contributed by atoms with Crippen molar-refractivity contribution in [2.45, 2.75) is 45.1 Å². The average molecular weight is 345 g/mol. The van der Waals surface area contributed by atoms with E-state index in [0.29, 0.717) is 5.69 Å². The highest BCUT2D eigenvalue weighted by atomic mass is 16.5. The van der Waals surface area contributed by atoms with E-state index in [-0.39, 0.29) is 23.4 Å². The Balaban J connectivity index is 1.63. The van der Waals surface area contributed by atoms with Crippen LogP contribution in [0, 0.1) is 5.41 Å². The molecule has 2 fully saturated rings. The summed E-state index contributed by atoms with van der Waals surface area (Å²) in [6.45, 7) is 3.10. The van der Waals surface area contributed by atoms with Gasteiger partial charge in [0.25, 0.3) is 0 Å². The highest BCUT2D eigenvalue weighted by molar-refractivity contribution is 5.93. The van der Waals surface area contributed by atoms with Crippen molar-refractivity contribution < 1.29 is 14.3 Å². The standard InChI is InChI=1S/C19H27N3O3/c1-14(23)22(2)16-6-3-5-15(13-16)20-18(24)21-17-7-4-8-19(17)9-11-25-12-10-19/h3,5-6,13,17H,4,7-12H2,1-2H3,(H2,20,21,24). The van der Waals surface area contributed by atoms with E-state index in [2.05, 4.69) is 10.6 Å². The van der Waals surface area contributed by atoms with E-state index in [0.717, 1.165) is 44.6 Å². The molecule has 6 nitrogen and oxygen atoms in total. The molecule has 3 rings (SSSR count). The van der Waals surface area contributed by atoms with Crippen molar-refractivity contribution in [2.75, 3.05) is 30.5 Å². The van der Waals surface area contributed by atoms with Crippen LogP contribution in [0.25, 0.3) is 0 Å². The van der Waals surface area contributed by atoms with Gasteiger partial charge in [-0.1, -0.05) is 12.5 Å². The molecular formula is C19H27N3O3. The molecule has 0 aromatic heterocycles. The number of carbonyl (C=O) groups is 2. The molecule has 1 aliphatic carbocycles. The molecule has 0 bridgehead atoms. The molecule has 6 heteroatoms. The van der Waals surface area contributed by atoms with Crippen LogP contribution in [-0.2, 0) is 9.53 Å². The van der Waals surface area contributed by atoms with Crippen molar-refractivity contribution in [3.8, 4) is 0 Å². The monoisotopic (exact) mass is 345 g/mol. The molecule has 136 valence electrons. The Morgan fingerprint density at radius 2 is 2.00 bits per heavy atom. The first-order valence-corrected chi connectivity index (χ1v) is 9.00. The fraction of sp³-hybridized carbons (Fsp3) is 0.579. The van der Waals surface area contributed by atoms with Crippen molar-refractivity contribution in [1.82, 2.24) is 5.32 Å². The number of nitrogens with zero attached hydrogens (tertiary/aromatic N) is 1. The maximum Gasteiger partial charge on any atom is 0.319 e. The van der Waals surface area contributed by atoms with Gasteiger partial charge in [-0.2, -0.15) is 0 Å². The zero-order chi connectivity index (χ0) is 17.9. The average Bonchev–Trinajstić information content (AvgIpc) is 2.96. The highest BCUT2D eigenvalue weighted by Crippen LogP contribution is 2.45. The maximum atomic E-state index is 12.5. The molecule has 1 aromatic carbocycles. The van der Waals surface area contributed by atoms with Crippen molar-refractivity contribution in [3.05, 3.63) is 24.3 Å². The predicted molar refractivity (Wildman–Crippen MR) is 97.8 cm³/mol. The zero-order valence-electron chi connectivity index (χ0n) is 15.0. The van der Waals surface area contributed by atoms with Crippen molar-refractivity contribution >= 4 is 23.3 Å². The predicted octanol–water partition coefficient (Wildman–Crippen LogP) is 3.14. The van der Waals surface area contributed by atoms with Gasteiger partial charge in [0.15, 0.2) is 0 Å². The lowest BCUT2D eigenvalue weighted by Crippen LogP contribution is -2.48. The molecule has 1 aliphatic heterocycles. The van der Waals surface area contributed by atoms with E-state index in [1.165, 1.54) is 13.3 Å². The van der Waals surface area contributed by atoms with E-state index >= 15 is 0 Å². The Labute approximate surface area is 148 Å². The lowest BCUT2D eigenvalue weighted by atomic mass is 9.75. The molecule has 0 radical (unpaired) electrons. The largest absolute Gasteiger partial charge is 0.381 e. The zero-order valence-corrected chi connectivity index (χ0v) is 15.0. The van der Waals surface area contributed by atoms with Crippen LogP contribution in [0.2, 0.25) is 0 Å². The van der Waals surface area contributed by atoms with E-state index in [1.807, 2.05) is 18.2 Å². The van der Waals surface area contributed by atoms with E-state index in [1.54, 1.807) is 18.0 Å². The molecule has 25 heavy (non-hydrogen) atoms. The van der Waals surface area contributed by atoms with Crippen LogP contribution in [0.4, 0.5) is 16.2 Å². The third kappa shape index (κ3) is 3.95. The summed E-state index contributed by atoms with van der Waals surface area (Å²) in [6, 6.07) is 7.34. The number of nitrogens with one attached hydrogen (secondary N) is 2. The minimum Gasteiger partial charge on any atom is -0.381 e. The number of amides is 3. The quantitative estimate of drug-likeness (QED) is 0.884. The molecule has 1 atom stereocenters. The van der Waals surface area contributed by atoms with E-state index in [4.69, 9.17) is 4.74 Å². The van der Waals surface area contributed by atoms with Gasteiger partial charge in [-0.25, -0.2) is 4.79 Å². The Bertz CT molecular complexity index is 641. The molecule has 1 spiro atoms. The van der Waals surface area contributed by atoms with Crippen LogP contribution in [0.5, 0.6) is 0 Å². The minimum atomic E-state index is -0.180. The summed E-state index contributed by atoms with van der Waals surface area (Å²) < 4.78 is 5.50. The van der Waals surface area contributed by atoms with Gasteiger partial charge >= 0.3 is 6.03 Å². The summed E-state index contributed by atoms with van der Waals surface area (Å²) in [4.78, 5) is 25.5. The number of hydrogen-bond donors (Lipinski definition) is 2. The molecular weight excluding hydrogens is 318 g/mol. The normalized spacial score (nSPS) is 21.8. The van der Waals surface area contributed by atoms with Gasteiger partial charge in [0.05, 0.1) is 0 Å². The topological polar surface area (TPSA) is 70.7 Å². The van der Waals surface area contributed by atoms with Gasteiger partial charge < -0.3 is 20.3 Å². The second-order valence-corrected chi connectivity index (χ2v) is 7.15. The van der Waals surface area contributed by atoms with Gasteiger partial charge in [0, 0.05) is 44.6 Å². The Hall–Kier alpha value is -2.08. The second kappa shape index (κ2) is 7.44. The summed E-state index contributed by atoms with van der Waals surface area (Å²) >= 11 is 0. The fourth-order valence-corrected chi connectivity index (χ4v) is 4.04. The third-order valence-electron chi connectivity index (χ3n) is 5.66. The SMILES string of the molecule is CC(=O)N(C)c1cccc(NC(=O)NC2CCCC23CCOCC3)c1. The van der Waals surface area contributed by atoms with Crippen LogP contribution in [-0.4, -0.2) is 38.2 Å². The van der Waals surface area contributed by atoms with E-state index in [9.17, 15) is 9.59 Å². The van der Waals surface area contributed by atoms with Crippen LogP contribution >= 0.6 is 0 Å². The molecule has 2 N–H and O–H groups in total. The summed E-state index contributed by atoms with van der Waals surface area (Å²) in [7, 11) is 1.72. The Kier molecular flexibility index (Phi) is 5.27. The summed E-state index contributed by atoms with van der Waals surface area (Å²) in [5.74, 6) is -0.0472. The summed E-state index contributed by atoms with van der Waals surface area (Å²) in [6.07, 6.45) is 5.40. The molecule has 2 aliphatic rings. The van der Waals surface area contributed by atoms with Crippen LogP contribution in [0.15, 0.2) is 24.3 Å². The lowest BCUT2D eigenvalue weighted by molar-refractivity contribution is -0.116. The van der Waals surface area contributed by atoms with Crippen molar-refractivity contribution in [2.24, 2.45) is 5.41 Å². The second-order valence-electron chi connectivity index (χ2n) is 7.15. The number of rotatable bonds is 3. The Morgan fingerprint density at radius 1 is 1.24 bits per heavy atom. The van der Waals surface area contributed by atoms with E-state index < -0.39 is 0 Å². The van der Waals surface area contributed by atoms with Gasteiger partial charge in [-0.15, -0.1) is 0 Å². The first-order valence-electron chi connectivity index (χ1n) is 9.00. The number of anilines is 2. The van der Waals surface area contributed by atoms with Gasteiger partial charge in [-0.3, -0.25) is 4.79 Å². The first kappa shape index (κ1) is 17.7. The maximum absolute atomic E-state index is 12.5. The number of urea groups is 1. The molecule has 1 saturated heterocycles. The highest BCUT2D eigenvalue weighted by Gasteiger charge is 2.44. The van der Waals surface area contributed by atoms with Gasteiger partial charge in [0.1, 0.15) is 0 Å². The smallest absolute Gasteiger partial charge is 0.319 e.